The molecule has 3 saturated heterocycles. The van der Waals surface area contributed by atoms with Gasteiger partial charge in [-0.15, -0.1) is 0 Å². The summed E-state index contributed by atoms with van der Waals surface area (Å²) in [4.78, 5) is 13.2. The molecule has 0 radical (unpaired) electrons. The van der Waals surface area contributed by atoms with Crippen molar-refractivity contribution in [2.24, 2.45) is 0 Å². The minimum atomic E-state index is -1.97. The second-order valence-corrected chi connectivity index (χ2v) is 23.2. The number of amides is 1. The summed E-state index contributed by atoms with van der Waals surface area (Å²) in [7, 11) is 0. The van der Waals surface area contributed by atoms with Crippen LogP contribution in [0.2, 0.25) is 0 Å². The van der Waals surface area contributed by atoms with Gasteiger partial charge in [-0.05, 0) is 44.9 Å². The Kier molecular flexibility index (Phi) is 41.4. The first-order valence-electron chi connectivity index (χ1n) is 32.1. The zero-order valence-corrected chi connectivity index (χ0v) is 49.8. The zero-order valence-electron chi connectivity index (χ0n) is 49.8. The second-order valence-electron chi connectivity index (χ2n) is 23.2. The molecule has 0 spiro atoms. The zero-order chi connectivity index (χ0) is 59.0. The van der Waals surface area contributed by atoms with Gasteiger partial charge in [0.1, 0.15) is 73.2 Å². The summed E-state index contributed by atoms with van der Waals surface area (Å²) < 4.78 is 34.1. The van der Waals surface area contributed by atoms with Crippen molar-refractivity contribution in [2.75, 3.05) is 26.4 Å². The first-order chi connectivity index (χ1) is 39.3. The van der Waals surface area contributed by atoms with Gasteiger partial charge < -0.3 is 89.9 Å². The summed E-state index contributed by atoms with van der Waals surface area (Å²) in [5, 5.41) is 119. The third-order valence-corrected chi connectivity index (χ3v) is 16.2. The molecule has 0 aromatic heterocycles. The van der Waals surface area contributed by atoms with Crippen LogP contribution in [0, 0.1) is 0 Å². The molecule has 3 heterocycles. The Morgan fingerprint density at radius 2 is 0.778 bits per heavy atom. The van der Waals surface area contributed by atoms with E-state index in [1.807, 2.05) is 6.08 Å². The highest BCUT2D eigenvalue weighted by atomic mass is 16.8. The number of carbonyl (C=O) groups is 1. The fourth-order valence-corrected chi connectivity index (χ4v) is 11.0. The Balaban J connectivity index is 1.29. The van der Waals surface area contributed by atoms with Crippen molar-refractivity contribution in [2.45, 2.75) is 336 Å². The van der Waals surface area contributed by atoms with E-state index in [0.717, 1.165) is 44.9 Å². The number of rotatable bonds is 48. The third-order valence-electron chi connectivity index (χ3n) is 16.2. The van der Waals surface area contributed by atoms with Crippen molar-refractivity contribution in [3.8, 4) is 0 Å². The van der Waals surface area contributed by atoms with Crippen LogP contribution >= 0.6 is 0 Å². The summed E-state index contributed by atoms with van der Waals surface area (Å²) in [5.74, 6) is -0.280. The lowest BCUT2D eigenvalue weighted by Crippen LogP contribution is -2.66. The van der Waals surface area contributed by atoms with Gasteiger partial charge in [0.25, 0.3) is 0 Å². The van der Waals surface area contributed by atoms with Crippen LogP contribution in [0.4, 0.5) is 0 Å². The van der Waals surface area contributed by atoms with Crippen molar-refractivity contribution in [1.29, 1.82) is 0 Å². The van der Waals surface area contributed by atoms with Crippen LogP contribution in [0.3, 0.4) is 0 Å². The molecule has 19 heteroatoms. The van der Waals surface area contributed by atoms with Gasteiger partial charge in [-0.1, -0.05) is 205 Å². The Hall–Kier alpha value is -1.73. The van der Waals surface area contributed by atoms with Crippen molar-refractivity contribution in [1.82, 2.24) is 5.32 Å². The number of aliphatic hydroxyl groups is 11. The Labute approximate surface area is 486 Å². The van der Waals surface area contributed by atoms with Crippen molar-refractivity contribution < 1.29 is 89.4 Å². The number of aliphatic hydroxyl groups excluding tert-OH is 11. The van der Waals surface area contributed by atoms with E-state index < -0.39 is 124 Å². The van der Waals surface area contributed by atoms with E-state index in [-0.39, 0.29) is 18.9 Å². The van der Waals surface area contributed by atoms with Crippen LogP contribution in [0.1, 0.15) is 232 Å². The Morgan fingerprint density at radius 3 is 1.22 bits per heavy atom. The molecule has 3 fully saturated rings. The van der Waals surface area contributed by atoms with Crippen molar-refractivity contribution >= 4 is 5.91 Å². The SMILES string of the molecule is CCCCC/C=C/C(O)C(COC1OC(CO)C(OC2OC(CO)C(OC3OC(CO)C(O)C(O)C3O)C(O)C2O)C(O)C1O)NC(=O)CCCCCCCCCCCCCCCCCCCCC/C=C\CCCCCCCCCC. The molecule has 12 N–H and O–H groups in total. The van der Waals surface area contributed by atoms with Crippen LogP contribution < -0.4 is 5.32 Å². The molecule has 19 nitrogen and oxygen atoms in total. The van der Waals surface area contributed by atoms with Gasteiger partial charge in [0.05, 0.1) is 38.6 Å². The number of hydrogen-bond donors (Lipinski definition) is 12. The molecule has 0 aliphatic carbocycles. The molecule has 1 amide bonds. The monoisotopic (exact) mass is 1160 g/mol. The average Bonchev–Trinajstić information content (AvgIpc) is 3.48. The Morgan fingerprint density at radius 1 is 0.432 bits per heavy atom. The smallest absolute Gasteiger partial charge is 0.220 e. The van der Waals surface area contributed by atoms with Gasteiger partial charge in [0.15, 0.2) is 18.9 Å². The minimum Gasteiger partial charge on any atom is -0.394 e. The summed E-state index contributed by atoms with van der Waals surface area (Å²) in [6.45, 7) is 1.60. The van der Waals surface area contributed by atoms with E-state index in [4.69, 9.17) is 28.4 Å². The fraction of sp³-hybridized carbons (Fsp3) is 0.919. The molecule has 0 aromatic rings. The first-order valence-corrected chi connectivity index (χ1v) is 32.1. The minimum absolute atomic E-state index is 0.245. The molecule has 17 unspecified atom stereocenters. The topological polar surface area (TPSA) is 307 Å². The van der Waals surface area contributed by atoms with Gasteiger partial charge in [-0.25, -0.2) is 0 Å². The molecule has 0 saturated carbocycles. The van der Waals surface area contributed by atoms with E-state index in [9.17, 15) is 61.0 Å². The molecule has 0 aromatic carbocycles. The number of hydrogen-bond acceptors (Lipinski definition) is 18. The lowest BCUT2D eigenvalue weighted by Gasteiger charge is -2.48. The predicted molar refractivity (Wildman–Crippen MR) is 310 cm³/mol. The summed E-state index contributed by atoms with van der Waals surface area (Å²) in [5.41, 5.74) is 0. The molecule has 3 aliphatic heterocycles. The predicted octanol–water partition coefficient (Wildman–Crippen LogP) is 6.71. The molecule has 17 atom stereocenters. The van der Waals surface area contributed by atoms with Gasteiger partial charge in [0.2, 0.25) is 5.91 Å². The molecular weight excluding hydrogens is 1050 g/mol. The maximum Gasteiger partial charge on any atom is 0.220 e. The van der Waals surface area contributed by atoms with Gasteiger partial charge in [-0.2, -0.15) is 0 Å². The number of unbranched alkanes of at least 4 members (excludes halogenated alkanes) is 30. The molecule has 3 rings (SSSR count). The molecular formula is C62H115NO18. The van der Waals surface area contributed by atoms with Crippen molar-refractivity contribution in [3.63, 3.8) is 0 Å². The van der Waals surface area contributed by atoms with Gasteiger partial charge >= 0.3 is 0 Å². The number of allylic oxidation sites excluding steroid dienone is 3. The number of ether oxygens (including phenoxy) is 6. The maximum atomic E-state index is 13.2. The molecule has 0 bridgehead atoms. The number of carbonyl (C=O) groups excluding carboxylic acids is 1. The maximum absolute atomic E-state index is 13.2. The quantitative estimate of drug-likeness (QED) is 0.0222. The summed E-state index contributed by atoms with van der Waals surface area (Å²) in [6.07, 6.45) is 22.7. The lowest BCUT2D eigenvalue weighted by atomic mass is 9.96. The van der Waals surface area contributed by atoms with E-state index in [2.05, 4.69) is 31.3 Å². The van der Waals surface area contributed by atoms with E-state index in [1.54, 1.807) is 6.08 Å². The highest BCUT2D eigenvalue weighted by molar-refractivity contribution is 5.76. The first kappa shape index (κ1) is 73.5. The average molecular weight is 1160 g/mol. The third kappa shape index (κ3) is 29.0. The van der Waals surface area contributed by atoms with Crippen LogP contribution in [0.5, 0.6) is 0 Å². The second kappa shape index (κ2) is 45.6. The van der Waals surface area contributed by atoms with Crippen LogP contribution in [0.15, 0.2) is 24.3 Å². The van der Waals surface area contributed by atoms with Crippen LogP contribution in [0.25, 0.3) is 0 Å². The van der Waals surface area contributed by atoms with E-state index in [1.165, 1.54) is 161 Å². The lowest BCUT2D eigenvalue weighted by molar-refractivity contribution is -0.379. The highest BCUT2D eigenvalue weighted by Gasteiger charge is 2.53. The summed E-state index contributed by atoms with van der Waals surface area (Å²) >= 11 is 0. The normalized spacial score (nSPS) is 29.9. The number of nitrogens with one attached hydrogen (secondary N) is 1. The molecule has 476 valence electrons. The molecule has 3 aliphatic rings. The van der Waals surface area contributed by atoms with Crippen LogP contribution in [-0.4, -0.2) is 193 Å². The Bertz CT molecular complexity index is 1580. The summed E-state index contributed by atoms with van der Waals surface area (Å²) in [6, 6.07) is -0.966. The van der Waals surface area contributed by atoms with Gasteiger partial charge in [0, 0.05) is 6.42 Å². The standard InChI is InChI=1S/C62H115NO18/c1-3-5-7-9-10-11-12-13-14-15-16-17-18-19-20-21-22-23-24-25-26-27-28-29-30-31-32-33-34-36-38-40-50(68)63-45(46(67)39-37-35-8-6-4-2)44-76-60-56(74)53(71)58(48(42-65)78-60)81-62-57(75)54(72)59(49(43-66)79-62)80-61-55(73)52(70)51(69)47(41-64)77-61/h15-16,37,39,45-49,51-62,64-67,69-75H,3-14,17-36,38,40-44H2,1-2H3,(H,63,68)/b16-15-,39-37+. The van der Waals surface area contributed by atoms with E-state index in [0.29, 0.717) is 6.42 Å². The van der Waals surface area contributed by atoms with E-state index >= 15 is 0 Å². The largest absolute Gasteiger partial charge is 0.394 e. The van der Waals surface area contributed by atoms with Crippen molar-refractivity contribution in [3.05, 3.63) is 24.3 Å². The fourth-order valence-electron chi connectivity index (χ4n) is 11.0. The highest BCUT2D eigenvalue weighted by Crippen LogP contribution is 2.33. The van der Waals surface area contributed by atoms with Gasteiger partial charge in [-0.3, -0.25) is 4.79 Å². The molecule has 81 heavy (non-hydrogen) atoms. The van der Waals surface area contributed by atoms with Crippen LogP contribution in [-0.2, 0) is 33.2 Å².